The Morgan fingerprint density at radius 2 is 2.33 bits per heavy atom. The lowest BCUT2D eigenvalue weighted by molar-refractivity contribution is 0.0652. The van der Waals surface area contributed by atoms with Crippen molar-refractivity contribution < 1.29 is 4.79 Å². The molecule has 5 nitrogen and oxygen atoms in total. The van der Waals surface area contributed by atoms with E-state index in [9.17, 15) is 4.79 Å². The molecule has 1 saturated heterocycles. The Balaban J connectivity index is 1.33. The summed E-state index contributed by atoms with van der Waals surface area (Å²) in [6.07, 6.45) is 6.93. The van der Waals surface area contributed by atoms with E-state index in [-0.39, 0.29) is 5.91 Å². The number of rotatable bonds is 4. The molecular weight excluding hydrogens is 344 g/mol. The van der Waals surface area contributed by atoms with Crippen molar-refractivity contribution in [3.63, 3.8) is 0 Å². The first-order valence-corrected chi connectivity index (χ1v) is 9.55. The topological polar surface area (TPSA) is 52.2 Å². The highest BCUT2D eigenvalue weighted by Gasteiger charge is 2.56. The van der Waals surface area contributed by atoms with Gasteiger partial charge in [-0.05, 0) is 37.8 Å². The van der Waals surface area contributed by atoms with Gasteiger partial charge in [-0.3, -0.25) is 9.69 Å². The molecule has 1 atom stereocenters. The van der Waals surface area contributed by atoms with Crippen LogP contribution in [-0.4, -0.2) is 51.9 Å². The van der Waals surface area contributed by atoms with E-state index in [0.717, 1.165) is 32.5 Å². The van der Waals surface area contributed by atoms with Crippen LogP contribution in [0.4, 0.5) is 0 Å². The zero-order valence-corrected chi connectivity index (χ0v) is 15.2. The Kier molecular flexibility index (Phi) is 4.14. The van der Waals surface area contributed by atoms with Crippen LogP contribution in [0.15, 0.2) is 23.8 Å². The summed E-state index contributed by atoms with van der Waals surface area (Å²) in [6.45, 7) is 2.59. The molecule has 128 valence electrons. The highest BCUT2D eigenvalue weighted by molar-refractivity contribution is 7.09. The standard InChI is InChI=1S/C17H21ClN4OS/c1-21(11-15-19-4-7-24-15)14-9-17(14)2-5-22(6-3-17)16(23)13-8-12(18)10-20-13/h4,7-8,10,14,20H,2-3,5-6,9,11H2,1H3/t14-/m1/s1. The lowest BCUT2D eigenvalue weighted by Crippen LogP contribution is -2.41. The van der Waals surface area contributed by atoms with Crippen LogP contribution in [0.3, 0.4) is 0 Å². The van der Waals surface area contributed by atoms with E-state index in [1.54, 1.807) is 23.6 Å². The van der Waals surface area contributed by atoms with E-state index in [0.29, 0.717) is 22.2 Å². The number of amides is 1. The summed E-state index contributed by atoms with van der Waals surface area (Å²) in [5, 5.41) is 3.79. The van der Waals surface area contributed by atoms with Gasteiger partial charge in [0.1, 0.15) is 10.7 Å². The second-order valence-electron chi connectivity index (χ2n) is 6.95. The maximum Gasteiger partial charge on any atom is 0.270 e. The lowest BCUT2D eigenvalue weighted by atomic mass is 9.92. The Labute approximate surface area is 150 Å². The van der Waals surface area contributed by atoms with Crippen molar-refractivity contribution in [3.8, 4) is 0 Å². The van der Waals surface area contributed by atoms with Crippen molar-refractivity contribution in [1.29, 1.82) is 0 Å². The van der Waals surface area contributed by atoms with E-state index >= 15 is 0 Å². The molecule has 2 aromatic heterocycles. The molecule has 0 unspecified atom stereocenters. The zero-order chi connectivity index (χ0) is 16.7. The van der Waals surface area contributed by atoms with Crippen LogP contribution < -0.4 is 0 Å². The Bertz CT molecular complexity index is 721. The van der Waals surface area contributed by atoms with Gasteiger partial charge in [0.2, 0.25) is 0 Å². The maximum absolute atomic E-state index is 12.5. The molecule has 1 saturated carbocycles. The number of halogens is 1. The predicted octanol–water partition coefficient (Wildman–Crippen LogP) is 3.25. The molecule has 24 heavy (non-hydrogen) atoms. The number of hydrogen-bond acceptors (Lipinski definition) is 4. The van der Waals surface area contributed by atoms with E-state index in [4.69, 9.17) is 11.6 Å². The lowest BCUT2D eigenvalue weighted by Gasteiger charge is -2.34. The van der Waals surface area contributed by atoms with Gasteiger partial charge in [0.25, 0.3) is 5.91 Å². The molecule has 1 aliphatic heterocycles. The van der Waals surface area contributed by atoms with E-state index < -0.39 is 0 Å². The third kappa shape index (κ3) is 2.98. The van der Waals surface area contributed by atoms with Gasteiger partial charge in [0.05, 0.1) is 11.6 Å². The molecule has 0 bridgehead atoms. The number of thiazole rings is 1. The summed E-state index contributed by atoms with van der Waals surface area (Å²) in [4.78, 5) is 24.2. The van der Waals surface area contributed by atoms with Crippen LogP contribution >= 0.6 is 22.9 Å². The van der Waals surface area contributed by atoms with Gasteiger partial charge < -0.3 is 9.88 Å². The first-order chi connectivity index (χ1) is 11.6. The van der Waals surface area contributed by atoms with Gasteiger partial charge in [0, 0.05) is 36.9 Å². The van der Waals surface area contributed by atoms with Crippen LogP contribution in [0.1, 0.15) is 34.8 Å². The highest BCUT2D eigenvalue weighted by Crippen LogP contribution is 2.56. The molecule has 0 radical (unpaired) electrons. The van der Waals surface area contributed by atoms with Gasteiger partial charge in [-0.2, -0.15) is 0 Å². The average molecular weight is 365 g/mol. The van der Waals surface area contributed by atoms with Gasteiger partial charge in [-0.15, -0.1) is 11.3 Å². The Morgan fingerprint density at radius 3 is 2.96 bits per heavy atom. The van der Waals surface area contributed by atoms with Gasteiger partial charge in [0.15, 0.2) is 0 Å². The number of carbonyl (C=O) groups excluding carboxylic acids is 1. The molecule has 2 aromatic rings. The average Bonchev–Trinajstić information content (AvgIpc) is 2.95. The number of nitrogens with one attached hydrogen (secondary N) is 1. The second-order valence-corrected chi connectivity index (χ2v) is 8.36. The minimum absolute atomic E-state index is 0.0603. The van der Waals surface area contributed by atoms with Crippen molar-refractivity contribution in [2.24, 2.45) is 5.41 Å². The second kappa shape index (κ2) is 6.17. The number of aromatic amines is 1. The minimum atomic E-state index is 0.0603. The summed E-state index contributed by atoms with van der Waals surface area (Å²) >= 11 is 7.61. The number of piperidine rings is 1. The first-order valence-electron chi connectivity index (χ1n) is 8.29. The van der Waals surface area contributed by atoms with E-state index in [1.807, 2.05) is 16.5 Å². The summed E-state index contributed by atoms with van der Waals surface area (Å²) in [6, 6.07) is 2.33. The van der Waals surface area contributed by atoms with Crippen LogP contribution in [-0.2, 0) is 6.54 Å². The van der Waals surface area contributed by atoms with Crippen LogP contribution in [0.25, 0.3) is 0 Å². The maximum atomic E-state index is 12.5. The SMILES string of the molecule is CN(Cc1nccs1)[C@@H]1CC12CCN(C(=O)c1cc(Cl)c[nH]1)CC2. The molecule has 3 heterocycles. The fraction of sp³-hybridized carbons (Fsp3) is 0.529. The fourth-order valence-electron chi connectivity index (χ4n) is 3.96. The van der Waals surface area contributed by atoms with E-state index in [1.165, 1.54) is 11.4 Å². The molecule has 1 N–H and O–H groups in total. The summed E-state index contributed by atoms with van der Waals surface area (Å²) < 4.78 is 0. The highest BCUT2D eigenvalue weighted by atomic mass is 35.5. The molecule has 0 aromatic carbocycles. The normalized spacial score (nSPS) is 22.3. The van der Waals surface area contributed by atoms with Crippen molar-refractivity contribution in [1.82, 2.24) is 19.8 Å². The third-order valence-corrected chi connectivity index (χ3v) is 6.45. The number of likely N-dealkylation sites (tertiary alicyclic amines) is 1. The molecule has 1 aliphatic carbocycles. The Morgan fingerprint density at radius 1 is 1.54 bits per heavy atom. The fourth-order valence-corrected chi connectivity index (χ4v) is 4.80. The number of H-pyrrole nitrogens is 1. The van der Waals surface area contributed by atoms with Crippen molar-refractivity contribution >= 4 is 28.8 Å². The number of carbonyl (C=O) groups is 1. The molecule has 2 fully saturated rings. The zero-order valence-electron chi connectivity index (χ0n) is 13.7. The summed E-state index contributed by atoms with van der Waals surface area (Å²) in [5.41, 5.74) is 0.986. The Hall–Kier alpha value is -1.37. The monoisotopic (exact) mass is 364 g/mol. The first kappa shape index (κ1) is 16.1. The largest absolute Gasteiger partial charge is 0.356 e. The van der Waals surface area contributed by atoms with Crippen LogP contribution in [0.5, 0.6) is 0 Å². The smallest absolute Gasteiger partial charge is 0.270 e. The van der Waals surface area contributed by atoms with Gasteiger partial charge in [-0.1, -0.05) is 11.6 Å². The quantitative estimate of drug-likeness (QED) is 0.906. The summed E-state index contributed by atoms with van der Waals surface area (Å²) in [5.74, 6) is 0.0603. The molecule has 1 spiro atoms. The molecule has 7 heteroatoms. The number of nitrogens with zero attached hydrogens (tertiary/aromatic N) is 3. The van der Waals surface area contributed by atoms with Crippen molar-refractivity contribution in [2.75, 3.05) is 20.1 Å². The van der Waals surface area contributed by atoms with Gasteiger partial charge in [-0.25, -0.2) is 4.98 Å². The van der Waals surface area contributed by atoms with Gasteiger partial charge >= 0.3 is 0 Å². The van der Waals surface area contributed by atoms with Crippen LogP contribution in [0, 0.1) is 5.41 Å². The van der Waals surface area contributed by atoms with Crippen molar-refractivity contribution in [2.45, 2.75) is 31.8 Å². The molecular formula is C17H21ClN4OS. The molecule has 2 aliphatic rings. The molecule has 1 amide bonds. The molecule has 4 rings (SSSR count). The number of hydrogen-bond donors (Lipinski definition) is 1. The third-order valence-electron chi connectivity index (χ3n) is 5.47. The predicted molar refractivity (Wildman–Crippen MR) is 95.4 cm³/mol. The van der Waals surface area contributed by atoms with Crippen LogP contribution in [0.2, 0.25) is 5.02 Å². The van der Waals surface area contributed by atoms with Crippen molar-refractivity contribution in [3.05, 3.63) is 39.6 Å². The van der Waals surface area contributed by atoms with E-state index in [2.05, 4.69) is 21.9 Å². The summed E-state index contributed by atoms with van der Waals surface area (Å²) in [7, 11) is 2.19. The minimum Gasteiger partial charge on any atom is -0.356 e. The number of aromatic nitrogens is 2.